The fraction of sp³-hybridized carbons (Fsp3) is 0.100. The van der Waals surface area contributed by atoms with Crippen molar-refractivity contribution in [2.24, 2.45) is 0 Å². The SMILES string of the molecule is CC(=O)c1ccc(NC(=O)/C=C(\C)C(=O)Nc2ccc(O)c(C(=O)O)c2)cc1. The van der Waals surface area contributed by atoms with Crippen molar-refractivity contribution in [1.29, 1.82) is 0 Å². The highest BCUT2D eigenvalue weighted by atomic mass is 16.4. The molecule has 0 aromatic heterocycles. The van der Waals surface area contributed by atoms with Gasteiger partial charge in [0.25, 0.3) is 5.91 Å². The average molecular weight is 382 g/mol. The Balaban J connectivity index is 2.04. The predicted octanol–water partition coefficient (Wildman–Crippen LogP) is 2.82. The number of hydrogen-bond donors (Lipinski definition) is 4. The third-order valence-electron chi connectivity index (χ3n) is 3.75. The second-order valence-electron chi connectivity index (χ2n) is 5.94. The van der Waals surface area contributed by atoms with Gasteiger partial charge >= 0.3 is 5.97 Å². The molecule has 0 aliphatic heterocycles. The summed E-state index contributed by atoms with van der Waals surface area (Å²) in [6, 6.07) is 9.89. The van der Waals surface area contributed by atoms with Crippen LogP contribution >= 0.6 is 0 Å². The van der Waals surface area contributed by atoms with Crippen LogP contribution in [0, 0.1) is 0 Å². The Morgan fingerprint density at radius 1 is 0.893 bits per heavy atom. The molecule has 4 N–H and O–H groups in total. The standard InChI is InChI=1S/C20H18N2O6/c1-11(9-18(25)21-14-5-3-13(4-6-14)12(2)23)19(26)22-15-7-8-17(24)16(10-15)20(27)28/h3-10,24H,1-2H3,(H,21,25)(H,22,26)(H,27,28)/b11-9+. The monoisotopic (exact) mass is 382 g/mol. The average Bonchev–Trinajstić information content (AvgIpc) is 2.63. The molecule has 0 unspecified atom stereocenters. The maximum absolute atomic E-state index is 12.2. The molecule has 8 nitrogen and oxygen atoms in total. The van der Waals surface area contributed by atoms with Crippen LogP contribution in [0.25, 0.3) is 0 Å². The van der Waals surface area contributed by atoms with Gasteiger partial charge in [-0.05, 0) is 56.3 Å². The molecule has 0 aliphatic rings. The van der Waals surface area contributed by atoms with Gasteiger partial charge in [0.05, 0.1) is 0 Å². The van der Waals surface area contributed by atoms with E-state index in [0.717, 1.165) is 18.2 Å². The highest BCUT2D eigenvalue weighted by Crippen LogP contribution is 2.21. The zero-order valence-corrected chi connectivity index (χ0v) is 15.1. The van der Waals surface area contributed by atoms with Gasteiger partial charge in [0.2, 0.25) is 5.91 Å². The molecule has 0 saturated heterocycles. The summed E-state index contributed by atoms with van der Waals surface area (Å²) < 4.78 is 0. The first-order valence-corrected chi connectivity index (χ1v) is 8.15. The number of phenols is 1. The summed E-state index contributed by atoms with van der Waals surface area (Å²) in [5.74, 6) is -3.00. The van der Waals surface area contributed by atoms with E-state index in [4.69, 9.17) is 5.11 Å². The molecule has 0 atom stereocenters. The molecule has 144 valence electrons. The van der Waals surface area contributed by atoms with E-state index >= 15 is 0 Å². The number of rotatable bonds is 6. The summed E-state index contributed by atoms with van der Waals surface area (Å²) in [7, 11) is 0. The Kier molecular flexibility index (Phi) is 6.28. The summed E-state index contributed by atoms with van der Waals surface area (Å²) in [5.41, 5.74) is 0.866. The summed E-state index contributed by atoms with van der Waals surface area (Å²) >= 11 is 0. The van der Waals surface area contributed by atoms with Crippen molar-refractivity contribution in [3.05, 3.63) is 65.2 Å². The molecule has 0 bridgehead atoms. The van der Waals surface area contributed by atoms with Gasteiger partial charge < -0.3 is 20.8 Å². The summed E-state index contributed by atoms with van der Waals surface area (Å²) in [5, 5.41) is 23.5. The third kappa shape index (κ3) is 5.28. The summed E-state index contributed by atoms with van der Waals surface area (Å²) in [4.78, 5) is 46.5. The largest absolute Gasteiger partial charge is 0.507 e. The van der Waals surface area contributed by atoms with Crippen molar-refractivity contribution in [2.45, 2.75) is 13.8 Å². The number of ketones is 1. The third-order valence-corrected chi connectivity index (χ3v) is 3.75. The van der Waals surface area contributed by atoms with Gasteiger partial charge in [-0.2, -0.15) is 0 Å². The smallest absolute Gasteiger partial charge is 0.339 e. The van der Waals surface area contributed by atoms with Crippen molar-refractivity contribution < 1.29 is 29.4 Å². The van der Waals surface area contributed by atoms with Gasteiger partial charge in [0.1, 0.15) is 11.3 Å². The number of aromatic hydroxyl groups is 1. The zero-order chi connectivity index (χ0) is 20.8. The number of aromatic carboxylic acids is 1. The Bertz CT molecular complexity index is 977. The number of benzene rings is 2. The Hall–Kier alpha value is -3.94. The Morgan fingerprint density at radius 2 is 1.50 bits per heavy atom. The van der Waals surface area contributed by atoms with Crippen LogP contribution in [0.5, 0.6) is 5.75 Å². The van der Waals surface area contributed by atoms with Gasteiger partial charge in [-0.3, -0.25) is 14.4 Å². The number of hydrogen-bond acceptors (Lipinski definition) is 5. The van der Waals surface area contributed by atoms with Gasteiger partial charge in [0.15, 0.2) is 5.78 Å². The fourth-order valence-electron chi connectivity index (χ4n) is 2.24. The second-order valence-corrected chi connectivity index (χ2v) is 5.94. The van der Waals surface area contributed by atoms with Crippen molar-refractivity contribution in [1.82, 2.24) is 0 Å². The lowest BCUT2D eigenvalue weighted by Gasteiger charge is -2.08. The van der Waals surface area contributed by atoms with Crippen LogP contribution in [0.15, 0.2) is 54.1 Å². The van der Waals surface area contributed by atoms with Crippen molar-refractivity contribution in [3.8, 4) is 5.75 Å². The molecule has 8 heteroatoms. The summed E-state index contributed by atoms with van der Waals surface area (Å²) in [6.45, 7) is 2.86. The van der Waals surface area contributed by atoms with Crippen LogP contribution in [-0.2, 0) is 9.59 Å². The van der Waals surface area contributed by atoms with Crippen molar-refractivity contribution >= 4 is 34.9 Å². The van der Waals surface area contributed by atoms with E-state index in [2.05, 4.69) is 10.6 Å². The molecule has 2 aromatic rings. The number of amides is 2. The van der Waals surface area contributed by atoms with Crippen LogP contribution in [0.4, 0.5) is 11.4 Å². The number of carboxylic acids is 1. The minimum atomic E-state index is -1.34. The van der Waals surface area contributed by atoms with Gasteiger partial charge in [0, 0.05) is 28.6 Å². The highest BCUT2D eigenvalue weighted by molar-refractivity contribution is 6.10. The second kappa shape index (κ2) is 8.63. The quantitative estimate of drug-likeness (QED) is 0.345. The number of Topliss-reactive ketones (excluding diaryl/α,β-unsaturated/α-hetero) is 1. The predicted molar refractivity (Wildman–Crippen MR) is 103 cm³/mol. The lowest BCUT2D eigenvalue weighted by molar-refractivity contribution is -0.114. The van der Waals surface area contributed by atoms with Crippen LogP contribution in [0.1, 0.15) is 34.6 Å². The molecule has 0 aliphatic carbocycles. The van der Waals surface area contributed by atoms with Gasteiger partial charge in [-0.25, -0.2) is 4.79 Å². The van der Waals surface area contributed by atoms with Crippen molar-refractivity contribution in [3.63, 3.8) is 0 Å². The number of carboxylic acid groups (broad SMARTS) is 1. The lowest BCUT2D eigenvalue weighted by Crippen LogP contribution is -2.16. The first-order chi connectivity index (χ1) is 13.2. The lowest BCUT2D eigenvalue weighted by atomic mass is 10.1. The van der Waals surface area contributed by atoms with Crippen LogP contribution in [0.3, 0.4) is 0 Å². The van der Waals surface area contributed by atoms with E-state index in [0.29, 0.717) is 11.3 Å². The minimum Gasteiger partial charge on any atom is -0.507 e. The number of anilines is 2. The van der Waals surface area contributed by atoms with E-state index in [-0.39, 0.29) is 22.6 Å². The van der Waals surface area contributed by atoms with Crippen molar-refractivity contribution in [2.75, 3.05) is 10.6 Å². The molecule has 0 fully saturated rings. The van der Waals surface area contributed by atoms with E-state index in [1.807, 2.05) is 0 Å². The topological polar surface area (TPSA) is 133 Å². The Labute approximate surface area is 160 Å². The van der Waals surface area contributed by atoms with Gasteiger partial charge in [-0.1, -0.05) is 0 Å². The van der Waals surface area contributed by atoms with E-state index in [1.165, 1.54) is 19.9 Å². The molecule has 2 amide bonds. The van der Waals surface area contributed by atoms with E-state index in [1.54, 1.807) is 24.3 Å². The molecule has 28 heavy (non-hydrogen) atoms. The zero-order valence-electron chi connectivity index (χ0n) is 15.1. The first kappa shape index (κ1) is 20.4. The number of carbonyl (C=O) groups excluding carboxylic acids is 3. The minimum absolute atomic E-state index is 0.0859. The highest BCUT2D eigenvalue weighted by Gasteiger charge is 2.13. The summed E-state index contributed by atoms with van der Waals surface area (Å²) in [6.07, 6.45) is 1.09. The van der Waals surface area contributed by atoms with Crippen LogP contribution in [0.2, 0.25) is 0 Å². The molecule has 0 heterocycles. The maximum Gasteiger partial charge on any atom is 0.339 e. The molecule has 2 aromatic carbocycles. The van der Waals surface area contributed by atoms with Gasteiger partial charge in [-0.15, -0.1) is 0 Å². The Morgan fingerprint density at radius 3 is 2.07 bits per heavy atom. The molecular formula is C20H18N2O6. The molecule has 2 rings (SSSR count). The van der Waals surface area contributed by atoms with E-state index in [9.17, 15) is 24.3 Å². The molecule has 0 spiro atoms. The normalized spacial score (nSPS) is 10.9. The molecule has 0 saturated carbocycles. The molecular weight excluding hydrogens is 364 g/mol. The molecule has 0 radical (unpaired) electrons. The fourth-order valence-corrected chi connectivity index (χ4v) is 2.24. The number of carbonyl (C=O) groups is 4. The number of nitrogens with one attached hydrogen (secondary N) is 2. The van der Waals surface area contributed by atoms with E-state index < -0.39 is 23.5 Å². The maximum atomic E-state index is 12.2. The van der Waals surface area contributed by atoms with Crippen LogP contribution in [-0.4, -0.2) is 33.8 Å². The first-order valence-electron chi connectivity index (χ1n) is 8.15. The van der Waals surface area contributed by atoms with Crippen LogP contribution < -0.4 is 10.6 Å².